The van der Waals surface area contributed by atoms with Crippen molar-refractivity contribution in [2.45, 2.75) is 13.3 Å². The number of hydrogen-bond donors (Lipinski definition) is 1. The van der Waals surface area contributed by atoms with Gasteiger partial charge in [0.1, 0.15) is 5.75 Å². The van der Waals surface area contributed by atoms with Crippen molar-refractivity contribution < 1.29 is 9.53 Å². The molecule has 2 aromatic heterocycles. The number of amides is 1. The number of fused-ring (bicyclic) bond motifs is 1. The zero-order valence-corrected chi connectivity index (χ0v) is 17.3. The molecular weight excluding hydrogens is 380 g/mol. The van der Waals surface area contributed by atoms with Gasteiger partial charge in [0.25, 0.3) is 5.91 Å². The van der Waals surface area contributed by atoms with Gasteiger partial charge in [0.2, 0.25) is 0 Å². The third-order valence-corrected chi connectivity index (χ3v) is 5.84. The number of aryl methyl sites for hydroxylation is 1. The second kappa shape index (κ2) is 8.45. The summed E-state index contributed by atoms with van der Waals surface area (Å²) in [6, 6.07) is 21.7. The minimum absolute atomic E-state index is 0.0772. The van der Waals surface area contributed by atoms with Gasteiger partial charge in [-0.05, 0) is 55.3 Å². The summed E-state index contributed by atoms with van der Waals surface area (Å²) in [6.07, 6.45) is 0.760. The van der Waals surface area contributed by atoms with Crippen molar-refractivity contribution in [1.82, 2.24) is 10.3 Å². The molecule has 5 heteroatoms. The second-order valence-electron chi connectivity index (χ2n) is 6.84. The zero-order valence-electron chi connectivity index (χ0n) is 16.4. The second-order valence-corrected chi connectivity index (χ2v) is 8.12. The minimum Gasteiger partial charge on any atom is -0.497 e. The van der Waals surface area contributed by atoms with Crippen LogP contribution < -0.4 is 10.1 Å². The molecule has 4 rings (SSSR count). The molecule has 0 fully saturated rings. The van der Waals surface area contributed by atoms with E-state index in [1.165, 1.54) is 4.88 Å². The molecule has 0 saturated heterocycles. The topological polar surface area (TPSA) is 51.2 Å². The third-order valence-electron chi connectivity index (χ3n) is 4.81. The van der Waals surface area contributed by atoms with Crippen molar-refractivity contribution in [2.24, 2.45) is 0 Å². The molecule has 4 nitrogen and oxygen atoms in total. The number of methoxy groups -OCH3 is 1. The van der Waals surface area contributed by atoms with E-state index in [1.807, 2.05) is 54.6 Å². The summed E-state index contributed by atoms with van der Waals surface area (Å²) in [5, 5.41) is 3.92. The van der Waals surface area contributed by atoms with Crippen LogP contribution in [0.4, 0.5) is 0 Å². The van der Waals surface area contributed by atoms with Crippen LogP contribution in [0.2, 0.25) is 0 Å². The molecule has 146 valence electrons. The average Bonchev–Trinajstić information content (AvgIpc) is 3.19. The largest absolute Gasteiger partial charge is 0.497 e. The maximum absolute atomic E-state index is 13.0. The van der Waals surface area contributed by atoms with Gasteiger partial charge in [-0.3, -0.25) is 4.79 Å². The lowest BCUT2D eigenvalue weighted by Crippen LogP contribution is -2.26. The maximum atomic E-state index is 13.0. The highest BCUT2D eigenvalue weighted by atomic mass is 32.1. The lowest BCUT2D eigenvalue weighted by atomic mass is 10.1. The van der Waals surface area contributed by atoms with Crippen molar-refractivity contribution in [3.8, 4) is 16.3 Å². The minimum atomic E-state index is -0.0772. The standard InChI is InChI=1S/C24H22N2O2S/c1-16-7-12-23(29-16)22-15-20(19-5-3-4-6-21(19)26-22)24(27)25-14-13-17-8-10-18(28-2)11-9-17/h3-12,15H,13-14H2,1-2H3,(H,25,27). The zero-order chi connectivity index (χ0) is 20.2. The van der Waals surface area contributed by atoms with E-state index in [1.54, 1.807) is 18.4 Å². The van der Waals surface area contributed by atoms with Crippen LogP contribution in [0.1, 0.15) is 20.8 Å². The smallest absolute Gasteiger partial charge is 0.252 e. The first-order chi connectivity index (χ1) is 14.1. The van der Waals surface area contributed by atoms with Gasteiger partial charge >= 0.3 is 0 Å². The number of nitrogens with zero attached hydrogens (tertiary/aromatic N) is 1. The fourth-order valence-corrected chi connectivity index (χ4v) is 4.10. The van der Waals surface area contributed by atoms with Crippen molar-refractivity contribution >= 4 is 28.1 Å². The lowest BCUT2D eigenvalue weighted by Gasteiger charge is -2.10. The molecule has 1 N–H and O–H groups in total. The summed E-state index contributed by atoms with van der Waals surface area (Å²) in [5.41, 5.74) is 3.48. The molecular formula is C24H22N2O2S. The highest BCUT2D eigenvalue weighted by Gasteiger charge is 2.14. The molecule has 0 aliphatic heterocycles. The number of para-hydroxylation sites is 1. The van der Waals surface area contributed by atoms with E-state index in [-0.39, 0.29) is 5.91 Å². The van der Waals surface area contributed by atoms with Gasteiger partial charge in [0, 0.05) is 16.8 Å². The number of thiophene rings is 1. The number of rotatable bonds is 6. The van der Waals surface area contributed by atoms with Crippen LogP contribution in [0.5, 0.6) is 5.75 Å². The van der Waals surface area contributed by atoms with Crippen LogP contribution >= 0.6 is 11.3 Å². The van der Waals surface area contributed by atoms with Gasteiger partial charge in [0.05, 0.1) is 28.8 Å². The Bertz CT molecular complexity index is 1150. The van der Waals surface area contributed by atoms with Gasteiger partial charge in [-0.25, -0.2) is 4.98 Å². The number of nitrogens with one attached hydrogen (secondary N) is 1. The highest BCUT2D eigenvalue weighted by Crippen LogP contribution is 2.29. The summed E-state index contributed by atoms with van der Waals surface area (Å²) < 4.78 is 5.18. The van der Waals surface area contributed by atoms with E-state index >= 15 is 0 Å². The summed E-state index contributed by atoms with van der Waals surface area (Å²) in [6.45, 7) is 2.64. The van der Waals surface area contributed by atoms with Crippen LogP contribution in [-0.4, -0.2) is 24.5 Å². The number of carbonyl (C=O) groups is 1. The Morgan fingerprint density at radius 2 is 1.86 bits per heavy atom. The van der Waals surface area contributed by atoms with Gasteiger partial charge in [-0.2, -0.15) is 0 Å². The van der Waals surface area contributed by atoms with Crippen LogP contribution in [0.15, 0.2) is 66.7 Å². The van der Waals surface area contributed by atoms with E-state index in [4.69, 9.17) is 9.72 Å². The molecule has 2 heterocycles. The Labute approximate surface area is 174 Å². The number of carbonyl (C=O) groups excluding carboxylic acids is 1. The van der Waals surface area contributed by atoms with E-state index in [0.29, 0.717) is 12.1 Å². The number of hydrogen-bond acceptors (Lipinski definition) is 4. The number of ether oxygens (including phenoxy) is 1. The summed E-state index contributed by atoms with van der Waals surface area (Å²) >= 11 is 1.68. The van der Waals surface area contributed by atoms with Gasteiger partial charge < -0.3 is 10.1 Å². The molecule has 0 radical (unpaired) electrons. The monoisotopic (exact) mass is 402 g/mol. The molecule has 2 aromatic carbocycles. The number of aromatic nitrogens is 1. The van der Waals surface area contributed by atoms with Crippen molar-refractivity contribution in [3.63, 3.8) is 0 Å². The van der Waals surface area contributed by atoms with Crippen LogP contribution in [0, 0.1) is 6.92 Å². The molecule has 4 aromatic rings. The molecule has 0 bridgehead atoms. The molecule has 1 amide bonds. The first kappa shape index (κ1) is 19.2. The van der Waals surface area contributed by atoms with E-state index < -0.39 is 0 Å². The van der Waals surface area contributed by atoms with Crippen LogP contribution in [0.3, 0.4) is 0 Å². The summed E-state index contributed by atoms with van der Waals surface area (Å²) in [7, 11) is 1.65. The quantitative estimate of drug-likeness (QED) is 0.479. The Hall–Kier alpha value is -3.18. The van der Waals surface area contributed by atoms with Gasteiger partial charge in [0.15, 0.2) is 0 Å². The fourth-order valence-electron chi connectivity index (χ4n) is 3.27. The molecule has 0 atom stereocenters. The molecule has 0 aliphatic rings. The van der Waals surface area contributed by atoms with Crippen molar-refractivity contribution in [2.75, 3.05) is 13.7 Å². The first-order valence-corrected chi connectivity index (χ1v) is 10.3. The highest BCUT2D eigenvalue weighted by molar-refractivity contribution is 7.15. The molecule has 0 spiro atoms. The van der Waals surface area contributed by atoms with Crippen molar-refractivity contribution in [3.05, 3.63) is 82.7 Å². The van der Waals surface area contributed by atoms with E-state index in [9.17, 15) is 4.79 Å². The molecule has 0 unspecified atom stereocenters. The normalized spacial score (nSPS) is 10.8. The number of benzene rings is 2. The number of pyridine rings is 1. The van der Waals surface area contributed by atoms with Crippen LogP contribution in [-0.2, 0) is 6.42 Å². The fraction of sp³-hybridized carbons (Fsp3) is 0.167. The van der Waals surface area contributed by atoms with Gasteiger partial charge in [-0.15, -0.1) is 11.3 Å². The Morgan fingerprint density at radius 1 is 1.07 bits per heavy atom. The summed E-state index contributed by atoms with van der Waals surface area (Å²) in [4.78, 5) is 20.0. The SMILES string of the molecule is COc1ccc(CCNC(=O)c2cc(-c3ccc(C)s3)nc3ccccc23)cc1. The van der Waals surface area contributed by atoms with Gasteiger partial charge in [-0.1, -0.05) is 30.3 Å². The molecule has 29 heavy (non-hydrogen) atoms. The average molecular weight is 403 g/mol. The van der Waals surface area contributed by atoms with Crippen molar-refractivity contribution in [1.29, 1.82) is 0 Å². The predicted molar refractivity (Wildman–Crippen MR) is 119 cm³/mol. The molecule has 0 saturated carbocycles. The predicted octanol–water partition coefficient (Wildman–Crippen LogP) is 5.25. The lowest BCUT2D eigenvalue weighted by molar-refractivity contribution is 0.0955. The van der Waals surface area contributed by atoms with Crippen LogP contribution in [0.25, 0.3) is 21.5 Å². The summed E-state index contributed by atoms with van der Waals surface area (Å²) in [5.74, 6) is 0.754. The first-order valence-electron chi connectivity index (χ1n) is 9.52. The van der Waals surface area contributed by atoms with E-state index in [2.05, 4.69) is 24.4 Å². The Balaban J connectivity index is 1.55. The molecule has 0 aliphatic carbocycles. The maximum Gasteiger partial charge on any atom is 0.252 e. The third kappa shape index (κ3) is 4.30. The Kier molecular flexibility index (Phi) is 5.58. The Morgan fingerprint density at radius 3 is 2.59 bits per heavy atom. The van der Waals surface area contributed by atoms with E-state index in [0.717, 1.165) is 39.2 Å².